The van der Waals surface area contributed by atoms with E-state index in [1.807, 2.05) is 18.2 Å². The third-order valence-electron chi connectivity index (χ3n) is 5.06. The van der Waals surface area contributed by atoms with Crippen LogP contribution in [0, 0.1) is 5.82 Å². The molecule has 1 fully saturated rings. The van der Waals surface area contributed by atoms with Gasteiger partial charge < -0.3 is 14.2 Å². The van der Waals surface area contributed by atoms with Crippen molar-refractivity contribution in [3.05, 3.63) is 71.7 Å². The predicted octanol–water partition coefficient (Wildman–Crippen LogP) is 3.45. The normalized spacial score (nSPS) is 14.8. The highest BCUT2D eigenvalue weighted by Gasteiger charge is 2.25. The second-order valence-electron chi connectivity index (χ2n) is 7.00. The van der Waals surface area contributed by atoms with Crippen LogP contribution in [0.1, 0.15) is 16.1 Å². The summed E-state index contributed by atoms with van der Waals surface area (Å²) >= 11 is 0. The average Bonchev–Trinajstić information content (AvgIpc) is 3.25. The molecule has 0 aliphatic carbocycles. The number of carbonyl (C=O) groups is 1. The summed E-state index contributed by atoms with van der Waals surface area (Å²) in [7, 11) is 1.66. The SMILES string of the molecule is COc1cccc(CN2CCN(C(=O)c3cc(-c4ccc(F)cc4)on3)CC2)c1. The van der Waals surface area contributed by atoms with Gasteiger partial charge in [0.25, 0.3) is 5.91 Å². The Kier molecular flexibility index (Phi) is 5.57. The van der Waals surface area contributed by atoms with Gasteiger partial charge in [0.05, 0.1) is 7.11 Å². The average molecular weight is 395 g/mol. The Bertz CT molecular complexity index is 979. The fourth-order valence-corrected chi connectivity index (χ4v) is 3.43. The van der Waals surface area contributed by atoms with Crippen LogP contribution in [-0.2, 0) is 6.54 Å². The minimum absolute atomic E-state index is 0.150. The molecule has 0 atom stereocenters. The zero-order valence-corrected chi connectivity index (χ0v) is 16.2. The first-order valence-corrected chi connectivity index (χ1v) is 9.49. The maximum atomic E-state index is 13.1. The molecule has 2 aromatic carbocycles. The Labute approximate surface area is 168 Å². The van der Waals surface area contributed by atoms with Gasteiger partial charge in [-0.1, -0.05) is 17.3 Å². The van der Waals surface area contributed by atoms with Crippen molar-refractivity contribution in [3.8, 4) is 17.1 Å². The Morgan fingerprint density at radius 1 is 1.10 bits per heavy atom. The van der Waals surface area contributed by atoms with E-state index in [0.29, 0.717) is 24.4 Å². The smallest absolute Gasteiger partial charge is 0.276 e. The van der Waals surface area contributed by atoms with E-state index in [-0.39, 0.29) is 17.4 Å². The summed E-state index contributed by atoms with van der Waals surface area (Å²) in [6, 6.07) is 15.5. The number of aromatic nitrogens is 1. The van der Waals surface area contributed by atoms with Crippen molar-refractivity contribution in [2.45, 2.75) is 6.54 Å². The van der Waals surface area contributed by atoms with Crippen LogP contribution in [0.4, 0.5) is 4.39 Å². The summed E-state index contributed by atoms with van der Waals surface area (Å²) in [5.41, 5.74) is 2.14. The van der Waals surface area contributed by atoms with Gasteiger partial charge in [0.15, 0.2) is 11.5 Å². The molecule has 150 valence electrons. The largest absolute Gasteiger partial charge is 0.497 e. The molecule has 1 aromatic heterocycles. The molecule has 6 nitrogen and oxygen atoms in total. The van der Waals surface area contributed by atoms with E-state index in [1.165, 1.54) is 17.7 Å². The number of carbonyl (C=O) groups excluding carboxylic acids is 1. The van der Waals surface area contributed by atoms with Crippen molar-refractivity contribution in [1.29, 1.82) is 0 Å². The Hall–Kier alpha value is -3.19. The van der Waals surface area contributed by atoms with Gasteiger partial charge in [-0.2, -0.15) is 0 Å². The molecule has 1 saturated heterocycles. The molecule has 3 aromatic rings. The fourth-order valence-electron chi connectivity index (χ4n) is 3.43. The number of hydrogen-bond donors (Lipinski definition) is 0. The van der Waals surface area contributed by atoms with Gasteiger partial charge in [-0.25, -0.2) is 4.39 Å². The molecule has 7 heteroatoms. The van der Waals surface area contributed by atoms with E-state index in [9.17, 15) is 9.18 Å². The molecular weight excluding hydrogens is 373 g/mol. The third-order valence-corrected chi connectivity index (χ3v) is 5.06. The van der Waals surface area contributed by atoms with Gasteiger partial charge >= 0.3 is 0 Å². The lowest BCUT2D eigenvalue weighted by atomic mass is 10.1. The standard InChI is InChI=1S/C22H22FN3O3/c1-28-19-4-2-3-16(13-19)15-25-9-11-26(12-10-25)22(27)20-14-21(29-24-20)17-5-7-18(23)8-6-17/h2-8,13-14H,9-12,15H2,1H3. The summed E-state index contributed by atoms with van der Waals surface area (Å²) in [6.07, 6.45) is 0. The molecule has 1 aliphatic heterocycles. The predicted molar refractivity (Wildman–Crippen MR) is 106 cm³/mol. The molecular formula is C22H22FN3O3. The summed E-state index contributed by atoms with van der Waals surface area (Å²) in [6.45, 7) is 3.64. The summed E-state index contributed by atoms with van der Waals surface area (Å²) in [4.78, 5) is 16.9. The van der Waals surface area contributed by atoms with Crippen LogP contribution in [-0.4, -0.2) is 54.2 Å². The van der Waals surface area contributed by atoms with Crippen LogP contribution < -0.4 is 4.74 Å². The number of piperazine rings is 1. The molecule has 0 N–H and O–H groups in total. The van der Waals surface area contributed by atoms with E-state index < -0.39 is 0 Å². The second-order valence-corrected chi connectivity index (χ2v) is 7.00. The maximum absolute atomic E-state index is 13.1. The van der Waals surface area contributed by atoms with E-state index in [2.05, 4.69) is 16.1 Å². The first-order chi connectivity index (χ1) is 14.1. The van der Waals surface area contributed by atoms with Gasteiger partial charge in [0, 0.05) is 44.4 Å². The Balaban J connectivity index is 1.35. The molecule has 0 spiro atoms. The van der Waals surface area contributed by atoms with Gasteiger partial charge in [-0.15, -0.1) is 0 Å². The van der Waals surface area contributed by atoms with Crippen LogP contribution in [0.5, 0.6) is 5.75 Å². The van der Waals surface area contributed by atoms with Crippen LogP contribution >= 0.6 is 0 Å². The molecule has 4 rings (SSSR count). The van der Waals surface area contributed by atoms with E-state index in [1.54, 1.807) is 30.2 Å². The molecule has 1 aliphatic rings. The summed E-state index contributed by atoms with van der Waals surface area (Å²) in [5.74, 6) is 0.823. The van der Waals surface area contributed by atoms with Crippen LogP contribution in [0.15, 0.2) is 59.1 Å². The Morgan fingerprint density at radius 3 is 2.59 bits per heavy atom. The van der Waals surface area contributed by atoms with Gasteiger partial charge in [0.1, 0.15) is 11.6 Å². The lowest BCUT2D eigenvalue weighted by Crippen LogP contribution is -2.48. The molecule has 0 bridgehead atoms. The van der Waals surface area contributed by atoms with Crippen LogP contribution in [0.25, 0.3) is 11.3 Å². The Morgan fingerprint density at radius 2 is 1.86 bits per heavy atom. The van der Waals surface area contributed by atoms with Crippen LogP contribution in [0.3, 0.4) is 0 Å². The number of halogens is 1. The maximum Gasteiger partial charge on any atom is 0.276 e. The number of methoxy groups -OCH3 is 1. The lowest BCUT2D eigenvalue weighted by molar-refractivity contribution is 0.0618. The monoisotopic (exact) mass is 395 g/mol. The van der Waals surface area contributed by atoms with Crippen molar-refractivity contribution in [2.24, 2.45) is 0 Å². The molecule has 1 amide bonds. The number of hydrogen-bond acceptors (Lipinski definition) is 5. The van der Waals surface area contributed by atoms with Gasteiger partial charge in [-0.3, -0.25) is 9.69 Å². The highest BCUT2D eigenvalue weighted by Crippen LogP contribution is 2.22. The number of amides is 1. The molecule has 2 heterocycles. The zero-order chi connectivity index (χ0) is 20.2. The first kappa shape index (κ1) is 19.1. The van der Waals surface area contributed by atoms with Gasteiger partial charge in [-0.05, 0) is 42.0 Å². The lowest BCUT2D eigenvalue weighted by Gasteiger charge is -2.34. The number of nitrogens with zero attached hydrogens (tertiary/aromatic N) is 3. The van der Waals surface area contributed by atoms with E-state index in [4.69, 9.17) is 9.26 Å². The highest BCUT2D eigenvalue weighted by atomic mass is 19.1. The highest BCUT2D eigenvalue weighted by molar-refractivity contribution is 5.93. The summed E-state index contributed by atoms with van der Waals surface area (Å²) < 4.78 is 23.6. The topological polar surface area (TPSA) is 58.8 Å². The first-order valence-electron chi connectivity index (χ1n) is 9.49. The zero-order valence-electron chi connectivity index (χ0n) is 16.2. The summed E-state index contributed by atoms with van der Waals surface area (Å²) in [5, 5.41) is 3.91. The van der Waals surface area contributed by atoms with Crippen molar-refractivity contribution in [2.75, 3.05) is 33.3 Å². The third kappa shape index (κ3) is 4.46. The fraction of sp³-hybridized carbons (Fsp3) is 0.273. The van der Waals surface area contributed by atoms with Crippen molar-refractivity contribution in [3.63, 3.8) is 0 Å². The minimum Gasteiger partial charge on any atom is -0.497 e. The van der Waals surface area contributed by atoms with Crippen LogP contribution in [0.2, 0.25) is 0 Å². The van der Waals surface area contributed by atoms with Gasteiger partial charge in [0.2, 0.25) is 0 Å². The van der Waals surface area contributed by atoms with E-state index in [0.717, 1.165) is 25.4 Å². The van der Waals surface area contributed by atoms with Crippen molar-refractivity contribution in [1.82, 2.24) is 15.0 Å². The number of ether oxygens (including phenoxy) is 1. The molecule has 29 heavy (non-hydrogen) atoms. The number of benzene rings is 2. The minimum atomic E-state index is -0.323. The second kappa shape index (κ2) is 8.45. The quantitative estimate of drug-likeness (QED) is 0.662. The molecule has 0 radical (unpaired) electrons. The molecule has 0 unspecified atom stereocenters. The van der Waals surface area contributed by atoms with E-state index >= 15 is 0 Å². The van der Waals surface area contributed by atoms with Crippen molar-refractivity contribution < 1.29 is 18.4 Å². The molecule has 0 saturated carbocycles. The van der Waals surface area contributed by atoms with Crippen molar-refractivity contribution >= 4 is 5.91 Å². The number of rotatable bonds is 5.